The Hall–Kier alpha value is -12.6. The van der Waals surface area contributed by atoms with Gasteiger partial charge in [-0.3, -0.25) is 73.1 Å². The van der Waals surface area contributed by atoms with Gasteiger partial charge in [0.2, 0.25) is 70.9 Å². The van der Waals surface area contributed by atoms with E-state index < -0.39 is 175 Å². The number of thioether (sulfide) groups is 1. The van der Waals surface area contributed by atoms with Crippen molar-refractivity contribution in [1.82, 2.24) is 84.1 Å². The molecular weight excluding hydrogens is 1470 g/mol. The van der Waals surface area contributed by atoms with Gasteiger partial charge >= 0.3 is 5.97 Å². The average Bonchev–Trinajstić information content (AvgIpc) is 1.76. The Kier molecular flexibility index (Phi) is 35.8. The Bertz CT molecular complexity index is 4190. The number of phenolic OH excluding ortho intramolecular Hbond substituents is 1. The number of guanidine groups is 2. The van der Waals surface area contributed by atoms with E-state index in [0.717, 1.165) is 0 Å². The monoisotopic (exact) mass is 1570 g/mol. The zero-order valence-electron chi connectivity index (χ0n) is 62.2. The second kappa shape index (κ2) is 45.4. The molecule has 0 aliphatic rings. The number of phenols is 1. The maximum atomic E-state index is 15.2. The second-order valence-corrected chi connectivity index (χ2v) is 27.7. The average molecular weight is 1570 g/mol. The molecule has 0 fully saturated rings. The number of benzene rings is 4. The van der Waals surface area contributed by atoms with Gasteiger partial charge in [0.1, 0.15) is 60.1 Å². The topological polar surface area (TPSA) is 615 Å². The van der Waals surface area contributed by atoms with Gasteiger partial charge in [0.15, 0.2) is 11.9 Å². The summed E-state index contributed by atoms with van der Waals surface area (Å²) in [5.41, 5.74) is 25.8. The maximum Gasteiger partial charge on any atom is 0.305 e. The highest BCUT2D eigenvalue weighted by molar-refractivity contribution is 7.98. The highest BCUT2D eigenvalue weighted by Gasteiger charge is 2.37. The number of nitrogens with one attached hydrogen (secondary N) is 17. The number of amides is 12. The van der Waals surface area contributed by atoms with Crippen LogP contribution in [0.4, 0.5) is 0 Å². The predicted molar refractivity (Wildman–Crippen MR) is 415 cm³/mol. The number of carbonyl (C=O) groups is 13. The van der Waals surface area contributed by atoms with Crippen LogP contribution in [0.3, 0.4) is 0 Å². The van der Waals surface area contributed by atoms with Gasteiger partial charge in [-0.25, -0.2) is 4.98 Å². The van der Waals surface area contributed by atoms with E-state index >= 15 is 14.4 Å². The summed E-state index contributed by atoms with van der Waals surface area (Å²) in [6.45, 7) is 2.03. The molecule has 2 heterocycles. The van der Waals surface area contributed by atoms with E-state index in [1.807, 2.05) is 0 Å². The largest absolute Gasteiger partial charge is 0.508 e. The van der Waals surface area contributed by atoms with Crippen LogP contribution in [0.15, 0.2) is 128 Å². The van der Waals surface area contributed by atoms with Gasteiger partial charge in [-0.05, 0) is 96.9 Å². The maximum absolute atomic E-state index is 15.2. The molecule has 0 saturated carbocycles. The molecule has 0 aliphatic carbocycles. The number of rotatable bonds is 47. The zero-order chi connectivity index (χ0) is 81.8. The van der Waals surface area contributed by atoms with Crippen molar-refractivity contribution < 1.29 is 72.5 Å². The Morgan fingerprint density at radius 2 is 0.938 bits per heavy atom. The van der Waals surface area contributed by atoms with Gasteiger partial charge in [0.25, 0.3) is 0 Å². The van der Waals surface area contributed by atoms with Gasteiger partial charge < -0.3 is 112 Å². The number of hydrogen-bond acceptors (Lipinski definition) is 19. The van der Waals surface area contributed by atoms with Crippen molar-refractivity contribution in [2.75, 3.05) is 38.2 Å². The number of carboxylic acids is 1. The quantitative estimate of drug-likeness (QED) is 0.0102. The van der Waals surface area contributed by atoms with Crippen LogP contribution in [0.5, 0.6) is 5.75 Å². The van der Waals surface area contributed by atoms with Crippen LogP contribution >= 0.6 is 11.8 Å². The molecule has 602 valence electrons. The normalized spacial score (nSPS) is 13.7. The van der Waals surface area contributed by atoms with Crippen LogP contribution in [0.2, 0.25) is 0 Å². The summed E-state index contributed by atoms with van der Waals surface area (Å²) in [4.78, 5) is 192. The summed E-state index contributed by atoms with van der Waals surface area (Å²) in [5.74, 6) is -13.5. The van der Waals surface area contributed by atoms with Crippen molar-refractivity contribution >= 4 is 111 Å². The molecule has 27 N–H and O–H groups in total. The first-order valence-electron chi connectivity index (χ1n) is 36.0. The predicted octanol–water partition coefficient (Wildman–Crippen LogP) is -3.07. The number of hydrogen-bond donors (Lipinski definition) is 23. The van der Waals surface area contributed by atoms with E-state index in [4.69, 9.17) is 33.8 Å². The van der Waals surface area contributed by atoms with Crippen molar-refractivity contribution in [3.8, 4) is 5.75 Å². The lowest BCUT2D eigenvalue weighted by atomic mass is 10.0. The number of nitrogens with two attached hydrogens (primary N) is 4. The molecule has 37 nitrogen and oxygen atoms in total. The number of carboxylic acid groups (broad SMARTS) is 1. The number of imidazole rings is 1. The van der Waals surface area contributed by atoms with Gasteiger partial charge in [-0.15, -0.1) is 0 Å². The molecule has 0 radical (unpaired) electrons. The number of nitrogens with zero attached hydrogens (tertiary/aromatic N) is 1. The van der Waals surface area contributed by atoms with Gasteiger partial charge in [-0.1, -0.05) is 105 Å². The number of primary amides is 1. The molecule has 6 aromatic rings. The van der Waals surface area contributed by atoms with E-state index in [-0.39, 0.29) is 83.0 Å². The molecule has 0 saturated heterocycles. The summed E-state index contributed by atoms with van der Waals surface area (Å²) in [6.07, 6.45) is 3.79. The fourth-order valence-electron chi connectivity index (χ4n) is 11.7. The Morgan fingerprint density at radius 1 is 0.482 bits per heavy atom. The van der Waals surface area contributed by atoms with E-state index in [0.29, 0.717) is 44.6 Å². The minimum Gasteiger partial charge on any atom is -0.508 e. The second-order valence-electron chi connectivity index (χ2n) is 26.7. The van der Waals surface area contributed by atoms with Crippen LogP contribution < -0.4 is 92.1 Å². The van der Waals surface area contributed by atoms with E-state index in [2.05, 4.69) is 84.1 Å². The van der Waals surface area contributed by atoms with Crippen molar-refractivity contribution in [2.24, 2.45) is 28.9 Å². The number of aromatic hydroxyl groups is 1. The molecular formula is C74H100N22O15S. The third kappa shape index (κ3) is 30.4. The molecule has 0 bridgehead atoms. The Morgan fingerprint density at radius 3 is 1.46 bits per heavy atom. The Labute approximate surface area is 649 Å². The third-order valence-corrected chi connectivity index (χ3v) is 18.2. The number of para-hydroxylation sites is 1. The molecule has 2 aromatic heterocycles. The van der Waals surface area contributed by atoms with E-state index in [1.165, 1.54) is 36.4 Å². The highest BCUT2D eigenvalue weighted by atomic mass is 32.2. The lowest BCUT2D eigenvalue weighted by Gasteiger charge is -2.28. The molecule has 112 heavy (non-hydrogen) atoms. The third-order valence-electron chi connectivity index (χ3n) is 17.5. The van der Waals surface area contributed by atoms with E-state index in [9.17, 15) is 58.2 Å². The first kappa shape index (κ1) is 88.3. The summed E-state index contributed by atoms with van der Waals surface area (Å²) in [5, 5.41) is 69.7. The van der Waals surface area contributed by atoms with Crippen molar-refractivity contribution in [2.45, 2.75) is 145 Å². The fourth-order valence-corrected chi connectivity index (χ4v) is 12.1. The fraction of sp³-hybridized carbons (Fsp3) is 0.405. The summed E-state index contributed by atoms with van der Waals surface area (Å²) >= 11 is 1.38. The summed E-state index contributed by atoms with van der Waals surface area (Å²) in [6, 6.07) is 15.1. The van der Waals surface area contributed by atoms with Crippen LogP contribution in [-0.4, -0.2) is 213 Å². The number of aromatic amines is 2. The van der Waals surface area contributed by atoms with Crippen molar-refractivity contribution in [3.63, 3.8) is 0 Å². The summed E-state index contributed by atoms with van der Waals surface area (Å²) in [7, 11) is 0. The molecule has 12 amide bonds. The zero-order valence-corrected chi connectivity index (χ0v) is 63.0. The molecule has 10 atom stereocenters. The molecule has 0 spiro atoms. The van der Waals surface area contributed by atoms with E-state index in [1.54, 1.807) is 123 Å². The van der Waals surface area contributed by atoms with Crippen LogP contribution in [-0.2, 0) is 94.4 Å². The number of carbonyl (C=O) groups excluding carboxylic acids is 12. The molecule has 38 heteroatoms. The van der Waals surface area contributed by atoms with Crippen LogP contribution in [0.1, 0.15) is 80.3 Å². The number of aromatic nitrogens is 3. The minimum atomic E-state index is -1.99. The van der Waals surface area contributed by atoms with Crippen molar-refractivity contribution in [3.05, 3.63) is 156 Å². The lowest BCUT2D eigenvalue weighted by Crippen LogP contribution is -2.61. The minimum absolute atomic E-state index is 0.00176. The highest BCUT2D eigenvalue weighted by Crippen LogP contribution is 2.21. The van der Waals surface area contributed by atoms with Crippen molar-refractivity contribution in [1.29, 1.82) is 10.8 Å². The number of H-pyrrole nitrogens is 2. The SMILES string of the molecule is CSCC[C@H](NC(=O)[C@@H](NC(=O)[C@@H](N)Cc1ccc(O)cc1)C(C)C)C(=O)NCC(=O)N[C@@H](Cc1cnc[nH]1)C(=O)N[C@@H](Cc1ccccc1)C(=O)N[C@@H](CCCNC(=N)N)C(=O)N[C@@H](Cc1c[nH]c2ccccc12)C(=O)N[C@@H](CC(=O)O)C(=O)N[C@@H](CCCNC(=N)N)C(=O)N[C@@H](Cc1ccccc1)C(=O)NCC(N)=O. The number of aliphatic carboxylic acids is 1. The van der Waals surface area contributed by atoms with Crippen LogP contribution in [0, 0.1) is 16.7 Å². The lowest BCUT2D eigenvalue weighted by molar-refractivity contribution is -0.141. The first-order valence-corrected chi connectivity index (χ1v) is 37.4. The number of fused-ring (bicyclic) bond motifs is 1. The van der Waals surface area contributed by atoms with Crippen LogP contribution in [0.25, 0.3) is 10.9 Å². The molecule has 6 rings (SSSR count). The van der Waals surface area contributed by atoms with Gasteiger partial charge in [0.05, 0.1) is 31.9 Å². The van der Waals surface area contributed by atoms with Gasteiger partial charge in [0, 0.05) is 67.8 Å². The summed E-state index contributed by atoms with van der Waals surface area (Å²) < 4.78 is 0. The Balaban J connectivity index is 1.25. The molecule has 0 unspecified atom stereocenters. The standard InChI is InChI=1S/C74H100N22O15S/c1-41(2)62(96-63(102)49(75)30-44-22-24-47(97)25-23-44)72(111)91-53(26-29-112-3)64(103)86-39-60(99)88-57(34-46-37-81-40-87-46)70(109)93-55(32-43-16-8-5-9-17-43)68(107)89-52(21-13-28-83-74(79)80)67(106)94-56(33-45-36-84-50-19-11-10-18-48(45)50)69(108)95-58(35-61(100)101)71(110)90-51(20-12-27-82-73(77)78)66(105)92-54(65(104)85-38-59(76)98)31-42-14-6-4-7-15-42/h4-11,14-19,22-25,36-37,40-41,49,51-58,62,84,97H,12-13,20-21,26-35,38-39,75H2,1-3H3,(H2,76,98)(H,81,87)(H,85,104)(H,86,103)(H,88,99)(H,89,107)(H,90,110)(H,91,111)(H,92,105)(H,93,109)(H,94,106)(H,95,108)(H,96,102)(H,100,101)(H4,77,78,82)(H4,79,80,83)/t49-,51-,52-,53-,54-,55-,56-,57-,58-,62-/m0/s1. The molecule has 4 aromatic carbocycles. The first-order chi connectivity index (χ1) is 53.5. The van der Waals surface area contributed by atoms with Gasteiger partial charge in [-0.2, -0.15) is 11.8 Å². The smallest absolute Gasteiger partial charge is 0.305 e. The molecule has 0 aliphatic heterocycles.